The quantitative estimate of drug-likeness (QED) is 0.453. The van der Waals surface area contributed by atoms with Crippen LogP contribution in [0.4, 0.5) is 15.8 Å². The fraction of sp³-hybridized carbons (Fsp3) is 0.235. The summed E-state index contributed by atoms with van der Waals surface area (Å²) in [6.07, 6.45) is 3.08. The van der Waals surface area contributed by atoms with Gasteiger partial charge in [0.25, 0.3) is 10.0 Å². The van der Waals surface area contributed by atoms with E-state index in [1.54, 1.807) is 36.0 Å². The zero-order chi connectivity index (χ0) is 19.0. The van der Waals surface area contributed by atoms with Crippen molar-refractivity contribution >= 4 is 50.5 Å². The minimum atomic E-state index is -3.76. The Hall–Kier alpha value is -1.84. The van der Waals surface area contributed by atoms with Crippen molar-refractivity contribution in [1.82, 2.24) is 5.32 Å². The van der Waals surface area contributed by atoms with Crippen LogP contribution < -0.4 is 15.4 Å². The van der Waals surface area contributed by atoms with Crippen LogP contribution in [0.3, 0.4) is 0 Å². The molecule has 0 fully saturated rings. The molecule has 26 heavy (non-hydrogen) atoms. The number of hydrogen-bond acceptors (Lipinski definition) is 4. The third-order valence-corrected chi connectivity index (χ3v) is 5.67. The van der Waals surface area contributed by atoms with Crippen LogP contribution in [0.25, 0.3) is 0 Å². The van der Waals surface area contributed by atoms with Crippen LogP contribution in [0.2, 0.25) is 0 Å². The van der Waals surface area contributed by atoms with Crippen molar-refractivity contribution in [1.29, 1.82) is 0 Å². The minimum Gasteiger partial charge on any atom is -0.362 e. The molecule has 0 saturated heterocycles. The molecule has 0 spiro atoms. The van der Waals surface area contributed by atoms with E-state index < -0.39 is 15.8 Å². The highest BCUT2D eigenvalue weighted by molar-refractivity contribution is 7.98. The molecule has 0 aliphatic heterocycles. The Morgan fingerprint density at radius 3 is 2.31 bits per heavy atom. The molecule has 0 atom stereocenters. The van der Waals surface area contributed by atoms with E-state index in [4.69, 9.17) is 12.2 Å². The van der Waals surface area contributed by atoms with Gasteiger partial charge in [-0.15, -0.1) is 0 Å². The number of sulfonamides is 1. The zero-order valence-electron chi connectivity index (χ0n) is 14.2. The second kappa shape index (κ2) is 9.75. The van der Waals surface area contributed by atoms with Gasteiger partial charge in [0.2, 0.25) is 0 Å². The Morgan fingerprint density at radius 1 is 1.08 bits per heavy atom. The van der Waals surface area contributed by atoms with Crippen LogP contribution in [0.5, 0.6) is 0 Å². The van der Waals surface area contributed by atoms with E-state index in [1.165, 1.54) is 12.1 Å². The first-order chi connectivity index (χ1) is 12.4. The van der Waals surface area contributed by atoms with Gasteiger partial charge in [-0.1, -0.05) is 0 Å². The molecule has 5 nitrogen and oxygen atoms in total. The summed E-state index contributed by atoms with van der Waals surface area (Å²) in [7, 11) is -3.76. The van der Waals surface area contributed by atoms with Gasteiger partial charge in [-0.2, -0.15) is 11.8 Å². The standard InChI is InChI=1S/C17H20FN3O2S3/c1-25-12-2-11-19-17(24)20-14-5-7-15(8-6-14)21-26(22,23)16-9-3-13(18)4-10-16/h3-10,21H,2,11-12H2,1H3,(H2,19,20,24). The number of nitrogens with one attached hydrogen (secondary N) is 3. The third kappa shape index (κ3) is 6.47. The molecule has 0 aliphatic rings. The lowest BCUT2D eigenvalue weighted by atomic mass is 10.3. The number of rotatable bonds is 8. The number of thioether (sulfide) groups is 1. The van der Waals surface area contributed by atoms with Gasteiger partial charge in [-0.3, -0.25) is 4.72 Å². The van der Waals surface area contributed by atoms with Crippen molar-refractivity contribution < 1.29 is 12.8 Å². The summed E-state index contributed by atoms with van der Waals surface area (Å²) in [5, 5.41) is 6.67. The van der Waals surface area contributed by atoms with Crippen molar-refractivity contribution in [2.75, 3.05) is 28.6 Å². The number of anilines is 2. The van der Waals surface area contributed by atoms with Crippen LogP contribution in [0.15, 0.2) is 53.4 Å². The topological polar surface area (TPSA) is 70.2 Å². The van der Waals surface area contributed by atoms with Crippen LogP contribution >= 0.6 is 24.0 Å². The van der Waals surface area contributed by atoms with Gasteiger partial charge < -0.3 is 10.6 Å². The van der Waals surface area contributed by atoms with E-state index in [-0.39, 0.29) is 4.90 Å². The molecule has 3 N–H and O–H groups in total. The van der Waals surface area contributed by atoms with Gasteiger partial charge in [0, 0.05) is 17.9 Å². The van der Waals surface area contributed by atoms with E-state index in [0.717, 1.165) is 36.5 Å². The molecule has 2 aromatic rings. The number of hydrogen-bond donors (Lipinski definition) is 3. The molecule has 0 unspecified atom stereocenters. The van der Waals surface area contributed by atoms with Crippen LogP contribution in [-0.4, -0.2) is 32.1 Å². The van der Waals surface area contributed by atoms with Gasteiger partial charge in [0.05, 0.1) is 4.90 Å². The lowest BCUT2D eigenvalue weighted by Crippen LogP contribution is -2.29. The molecule has 0 saturated carbocycles. The van der Waals surface area contributed by atoms with Gasteiger partial charge in [-0.05, 0) is 79.2 Å². The highest BCUT2D eigenvalue weighted by atomic mass is 32.2. The molecule has 2 rings (SSSR count). The Morgan fingerprint density at radius 2 is 1.69 bits per heavy atom. The summed E-state index contributed by atoms with van der Waals surface area (Å²) in [5.74, 6) is 0.579. The molecule has 2 aromatic carbocycles. The first-order valence-corrected chi connectivity index (χ1v) is 11.1. The summed E-state index contributed by atoms with van der Waals surface area (Å²) in [6.45, 7) is 0.794. The van der Waals surface area contributed by atoms with E-state index >= 15 is 0 Å². The summed E-state index contributed by atoms with van der Waals surface area (Å²) in [6, 6.07) is 11.3. The van der Waals surface area contributed by atoms with E-state index in [2.05, 4.69) is 21.6 Å². The zero-order valence-corrected chi connectivity index (χ0v) is 16.6. The number of thiocarbonyl (C=S) groups is 1. The average molecular weight is 414 g/mol. The summed E-state index contributed by atoms with van der Waals surface area (Å²) >= 11 is 6.99. The largest absolute Gasteiger partial charge is 0.362 e. The predicted octanol–water partition coefficient (Wildman–Crippen LogP) is 3.67. The summed E-state index contributed by atoms with van der Waals surface area (Å²) in [4.78, 5) is -0.00304. The van der Waals surface area contributed by atoms with Crippen molar-refractivity contribution in [3.63, 3.8) is 0 Å². The second-order valence-electron chi connectivity index (χ2n) is 5.36. The van der Waals surface area contributed by atoms with E-state index in [9.17, 15) is 12.8 Å². The number of halogens is 1. The van der Waals surface area contributed by atoms with Crippen molar-refractivity contribution in [2.24, 2.45) is 0 Å². The van der Waals surface area contributed by atoms with Crippen molar-refractivity contribution in [3.8, 4) is 0 Å². The Kier molecular flexibility index (Phi) is 7.67. The third-order valence-electron chi connectivity index (χ3n) is 3.33. The maximum atomic E-state index is 12.9. The second-order valence-corrected chi connectivity index (χ2v) is 8.44. The normalized spacial score (nSPS) is 11.0. The van der Waals surface area contributed by atoms with Gasteiger partial charge >= 0.3 is 0 Å². The number of benzene rings is 2. The first kappa shape index (κ1) is 20.5. The molecule has 9 heteroatoms. The molecule has 0 amide bonds. The van der Waals surface area contributed by atoms with E-state index in [0.29, 0.717) is 10.8 Å². The molecular formula is C17H20FN3O2S3. The van der Waals surface area contributed by atoms with Crippen LogP contribution in [0, 0.1) is 5.82 Å². The first-order valence-electron chi connectivity index (χ1n) is 7.83. The highest BCUT2D eigenvalue weighted by Gasteiger charge is 2.14. The Balaban J connectivity index is 1.92. The Bertz CT molecular complexity index is 825. The molecule has 140 valence electrons. The predicted molar refractivity (Wildman–Crippen MR) is 111 cm³/mol. The monoisotopic (exact) mass is 413 g/mol. The minimum absolute atomic E-state index is 0.00304. The fourth-order valence-electron chi connectivity index (χ4n) is 2.04. The lowest BCUT2D eigenvalue weighted by molar-refractivity contribution is 0.599. The summed E-state index contributed by atoms with van der Waals surface area (Å²) in [5.41, 5.74) is 1.15. The van der Waals surface area contributed by atoms with Crippen molar-refractivity contribution in [3.05, 3.63) is 54.3 Å². The lowest BCUT2D eigenvalue weighted by Gasteiger charge is -2.12. The van der Waals surface area contributed by atoms with Gasteiger partial charge in [-0.25, -0.2) is 12.8 Å². The van der Waals surface area contributed by atoms with Crippen molar-refractivity contribution in [2.45, 2.75) is 11.3 Å². The van der Waals surface area contributed by atoms with Crippen LogP contribution in [0.1, 0.15) is 6.42 Å². The summed E-state index contributed by atoms with van der Waals surface area (Å²) < 4.78 is 39.9. The average Bonchev–Trinajstić information content (AvgIpc) is 2.61. The SMILES string of the molecule is CSCCCNC(=S)Nc1ccc(NS(=O)(=O)c2ccc(F)cc2)cc1. The Labute approximate surface area is 162 Å². The van der Waals surface area contributed by atoms with E-state index in [1.807, 2.05) is 0 Å². The smallest absolute Gasteiger partial charge is 0.261 e. The van der Waals surface area contributed by atoms with Gasteiger partial charge in [0.15, 0.2) is 5.11 Å². The molecule has 0 radical (unpaired) electrons. The maximum absolute atomic E-state index is 12.9. The van der Waals surface area contributed by atoms with Crippen LogP contribution in [-0.2, 0) is 10.0 Å². The molecule has 0 heterocycles. The maximum Gasteiger partial charge on any atom is 0.261 e. The molecule has 0 aromatic heterocycles. The molecular weight excluding hydrogens is 393 g/mol. The molecule has 0 bridgehead atoms. The fourth-order valence-corrected chi connectivity index (χ4v) is 3.75. The molecule has 0 aliphatic carbocycles. The highest BCUT2D eigenvalue weighted by Crippen LogP contribution is 2.18. The van der Waals surface area contributed by atoms with Gasteiger partial charge in [0.1, 0.15) is 5.82 Å².